The van der Waals surface area contributed by atoms with Crippen molar-refractivity contribution < 1.29 is 10.0 Å². The third kappa shape index (κ3) is 2.10. The summed E-state index contributed by atoms with van der Waals surface area (Å²) in [5.41, 5.74) is 1.91. The van der Waals surface area contributed by atoms with E-state index in [1.165, 1.54) is 6.07 Å². The summed E-state index contributed by atoms with van der Waals surface area (Å²) < 4.78 is 0. The number of hydrogen-bond acceptors (Lipinski definition) is 2. The third-order valence-corrected chi connectivity index (χ3v) is 1.42. The van der Waals surface area contributed by atoms with Crippen molar-refractivity contribution in [1.29, 1.82) is 0 Å². The molecular formula is C7H8B2O2. The average Bonchev–Trinajstić information content (AvgIpc) is 1.85. The molecule has 2 nitrogen and oxygen atoms in total. The molecule has 1 aromatic carbocycles. The molecule has 0 saturated heterocycles. The molecule has 2 radical (unpaired) electrons. The highest BCUT2D eigenvalue weighted by molar-refractivity contribution is 6.59. The topological polar surface area (TPSA) is 40.5 Å². The SMILES string of the molecule is [B]c1cc(C)cc(B(O)O)c1. The number of hydrogen-bond donors (Lipinski definition) is 2. The molecule has 11 heavy (non-hydrogen) atoms. The summed E-state index contributed by atoms with van der Waals surface area (Å²) in [6.07, 6.45) is 0. The molecule has 0 saturated carbocycles. The van der Waals surface area contributed by atoms with Gasteiger partial charge >= 0.3 is 7.12 Å². The zero-order chi connectivity index (χ0) is 8.43. The van der Waals surface area contributed by atoms with Crippen molar-refractivity contribution in [3.63, 3.8) is 0 Å². The molecule has 1 rings (SSSR count). The minimum absolute atomic E-state index is 0.433. The Morgan fingerprint density at radius 2 is 1.91 bits per heavy atom. The van der Waals surface area contributed by atoms with Crippen LogP contribution in [-0.4, -0.2) is 25.0 Å². The fraction of sp³-hybridized carbons (Fsp3) is 0.143. The van der Waals surface area contributed by atoms with Crippen molar-refractivity contribution in [2.45, 2.75) is 6.92 Å². The van der Waals surface area contributed by atoms with Crippen molar-refractivity contribution in [3.05, 3.63) is 23.8 Å². The molecule has 0 unspecified atom stereocenters. The van der Waals surface area contributed by atoms with E-state index < -0.39 is 7.12 Å². The fourth-order valence-electron chi connectivity index (χ4n) is 0.992. The second kappa shape index (κ2) is 3.11. The smallest absolute Gasteiger partial charge is 0.423 e. The Labute approximate surface area is 67.4 Å². The Hall–Kier alpha value is -0.730. The van der Waals surface area contributed by atoms with E-state index in [-0.39, 0.29) is 0 Å². The van der Waals surface area contributed by atoms with E-state index in [0.29, 0.717) is 10.9 Å². The molecule has 1 aromatic rings. The van der Waals surface area contributed by atoms with Gasteiger partial charge in [-0.25, -0.2) is 0 Å². The number of rotatable bonds is 1. The summed E-state index contributed by atoms with van der Waals surface area (Å²) in [5, 5.41) is 17.5. The molecule has 4 heteroatoms. The highest BCUT2D eigenvalue weighted by Crippen LogP contribution is 1.90. The lowest BCUT2D eigenvalue weighted by molar-refractivity contribution is 0.426. The maximum absolute atomic E-state index is 8.77. The summed E-state index contributed by atoms with van der Waals surface area (Å²) >= 11 is 0. The van der Waals surface area contributed by atoms with Crippen molar-refractivity contribution >= 4 is 25.9 Å². The van der Waals surface area contributed by atoms with Crippen LogP contribution in [0.1, 0.15) is 5.56 Å². The van der Waals surface area contributed by atoms with Gasteiger partial charge in [-0.1, -0.05) is 29.2 Å². The Bertz CT molecular complexity index is 240. The van der Waals surface area contributed by atoms with Gasteiger partial charge in [0.05, 0.1) is 0 Å². The number of aryl methyl sites for hydroxylation is 1. The summed E-state index contributed by atoms with van der Waals surface area (Å²) in [5.74, 6) is 0. The Morgan fingerprint density at radius 3 is 2.36 bits per heavy atom. The Morgan fingerprint density at radius 1 is 1.27 bits per heavy atom. The Balaban J connectivity index is 3.08. The molecule has 0 atom stereocenters. The molecule has 0 bridgehead atoms. The summed E-state index contributed by atoms with van der Waals surface area (Å²) in [7, 11) is 4.04. The van der Waals surface area contributed by atoms with Crippen LogP contribution < -0.4 is 10.9 Å². The van der Waals surface area contributed by atoms with Gasteiger partial charge in [-0.3, -0.25) is 0 Å². The molecule has 0 aliphatic rings. The van der Waals surface area contributed by atoms with Crippen molar-refractivity contribution in [1.82, 2.24) is 0 Å². The van der Waals surface area contributed by atoms with E-state index in [1.807, 2.05) is 6.92 Å². The van der Waals surface area contributed by atoms with Gasteiger partial charge in [-0.15, -0.1) is 0 Å². The normalized spacial score (nSPS) is 9.73. The van der Waals surface area contributed by atoms with Crippen LogP contribution in [0.5, 0.6) is 0 Å². The molecule has 0 aliphatic heterocycles. The summed E-state index contributed by atoms with van der Waals surface area (Å²) in [4.78, 5) is 0. The first kappa shape index (κ1) is 8.37. The first-order valence-electron chi connectivity index (χ1n) is 3.33. The predicted octanol–water partition coefficient (Wildman–Crippen LogP) is -1.53. The second-order valence-corrected chi connectivity index (χ2v) is 2.55. The van der Waals surface area contributed by atoms with Crippen LogP contribution in [0.15, 0.2) is 18.2 Å². The lowest BCUT2D eigenvalue weighted by atomic mass is 9.76. The van der Waals surface area contributed by atoms with Gasteiger partial charge in [0.25, 0.3) is 0 Å². The lowest BCUT2D eigenvalue weighted by Gasteiger charge is -2.02. The average molecular weight is 146 g/mol. The molecule has 0 fully saturated rings. The quantitative estimate of drug-likeness (QED) is 0.471. The third-order valence-electron chi connectivity index (χ3n) is 1.42. The van der Waals surface area contributed by atoms with Crippen LogP contribution in [0.3, 0.4) is 0 Å². The molecule has 0 heterocycles. The standard InChI is InChI=1S/C7H8B2O2/c1-5-2-6(8)4-7(3-5)9(10)11/h2-4,10-11H,1H3. The number of benzene rings is 1. The van der Waals surface area contributed by atoms with Gasteiger partial charge in [0, 0.05) is 0 Å². The molecule has 54 valence electrons. The minimum Gasteiger partial charge on any atom is -0.423 e. The van der Waals surface area contributed by atoms with Crippen LogP contribution in [0.4, 0.5) is 0 Å². The zero-order valence-electron chi connectivity index (χ0n) is 6.28. The largest absolute Gasteiger partial charge is 0.488 e. The second-order valence-electron chi connectivity index (χ2n) is 2.55. The van der Waals surface area contributed by atoms with Gasteiger partial charge in [-0.05, 0) is 12.4 Å². The van der Waals surface area contributed by atoms with Crippen molar-refractivity contribution in [2.24, 2.45) is 0 Å². The van der Waals surface area contributed by atoms with Crippen LogP contribution in [0.2, 0.25) is 0 Å². The van der Waals surface area contributed by atoms with Gasteiger partial charge in [0.15, 0.2) is 0 Å². The molecule has 0 amide bonds. The molecule has 0 spiro atoms. The van der Waals surface area contributed by atoms with Gasteiger partial charge < -0.3 is 10.0 Å². The highest BCUT2D eigenvalue weighted by atomic mass is 16.4. The summed E-state index contributed by atoms with van der Waals surface area (Å²) in [6, 6.07) is 4.99. The molecular weight excluding hydrogens is 138 g/mol. The molecule has 0 aliphatic carbocycles. The van der Waals surface area contributed by atoms with Crippen molar-refractivity contribution in [3.8, 4) is 0 Å². The maximum Gasteiger partial charge on any atom is 0.488 e. The van der Waals surface area contributed by atoms with E-state index in [0.717, 1.165) is 5.56 Å². The van der Waals surface area contributed by atoms with Gasteiger partial charge in [0.2, 0.25) is 0 Å². The maximum atomic E-state index is 8.77. The van der Waals surface area contributed by atoms with Crippen LogP contribution in [-0.2, 0) is 0 Å². The van der Waals surface area contributed by atoms with E-state index in [1.54, 1.807) is 12.1 Å². The van der Waals surface area contributed by atoms with Crippen LogP contribution in [0.25, 0.3) is 0 Å². The van der Waals surface area contributed by atoms with Gasteiger partial charge in [0.1, 0.15) is 7.85 Å². The van der Waals surface area contributed by atoms with E-state index in [9.17, 15) is 0 Å². The van der Waals surface area contributed by atoms with E-state index in [4.69, 9.17) is 17.9 Å². The zero-order valence-corrected chi connectivity index (χ0v) is 6.28. The van der Waals surface area contributed by atoms with Crippen LogP contribution in [0, 0.1) is 6.92 Å². The summed E-state index contributed by atoms with van der Waals surface area (Å²) in [6.45, 7) is 1.85. The fourth-order valence-corrected chi connectivity index (χ4v) is 0.992. The molecule has 0 aromatic heterocycles. The lowest BCUT2D eigenvalue weighted by Crippen LogP contribution is -2.32. The van der Waals surface area contributed by atoms with Crippen molar-refractivity contribution in [2.75, 3.05) is 0 Å². The minimum atomic E-state index is -1.43. The Kier molecular flexibility index (Phi) is 2.37. The van der Waals surface area contributed by atoms with E-state index in [2.05, 4.69) is 0 Å². The predicted molar refractivity (Wildman–Crippen MR) is 46.4 cm³/mol. The first-order valence-corrected chi connectivity index (χ1v) is 3.33. The first-order chi connectivity index (χ1) is 5.09. The van der Waals surface area contributed by atoms with E-state index >= 15 is 0 Å². The highest BCUT2D eigenvalue weighted by Gasteiger charge is 2.10. The monoisotopic (exact) mass is 146 g/mol. The van der Waals surface area contributed by atoms with Gasteiger partial charge in [-0.2, -0.15) is 0 Å². The molecule has 2 N–H and O–H groups in total. The van der Waals surface area contributed by atoms with Crippen LogP contribution >= 0.6 is 0 Å².